The molecule has 0 aliphatic heterocycles. The Morgan fingerprint density at radius 1 is 1.11 bits per heavy atom. The van der Waals surface area contributed by atoms with Crippen LogP contribution in [0.15, 0.2) is 42.5 Å². The van der Waals surface area contributed by atoms with Crippen molar-refractivity contribution < 1.29 is 30.0 Å². The van der Waals surface area contributed by atoms with Gasteiger partial charge in [-0.2, -0.15) is 0 Å². The molecule has 0 amide bonds. The van der Waals surface area contributed by atoms with Crippen molar-refractivity contribution in [3.63, 3.8) is 0 Å². The fourth-order valence-electron chi connectivity index (χ4n) is 2.60. The molecule has 2 rings (SSSR count). The third-order valence-corrected chi connectivity index (χ3v) is 4.50. The van der Waals surface area contributed by atoms with Crippen LogP contribution in [0.3, 0.4) is 0 Å². The highest BCUT2D eigenvalue weighted by Gasteiger charge is 2.30. The van der Waals surface area contributed by atoms with E-state index in [1.807, 2.05) is 31.2 Å². The van der Waals surface area contributed by atoms with Crippen LogP contribution in [0.1, 0.15) is 28.4 Å². The van der Waals surface area contributed by atoms with Gasteiger partial charge < -0.3 is 25.2 Å². The van der Waals surface area contributed by atoms with Crippen LogP contribution in [0.25, 0.3) is 0 Å². The number of benzene rings is 2. The van der Waals surface area contributed by atoms with Gasteiger partial charge >= 0.3 is 0 Å². The Labute approximate surface area is 162 Å². The van der Waals surface area contributed by atoms with Gasteiger partial charge in [-0.05, 0) is 54.8 Å². The van der Waals surface area contributed by atoms with Crippen molar-refractivity contribution in [2.45, 2.75) is 31.7 Å². The molecule has 0 saturated carbocycles. The zero-order valence-corrected chi connectivity index (χ0v) is 15.6. The maximum Gasteiger partial charge on any atom is 0.194 e. The summed E-state index contributed by atoms with van der Waals surface area (Å²) in [6, 6.07) is 12.0. The SMILES string of the molecule is CCOc1ccc(Cc2cc(C(=O)[C@H](O)[C@H](O)[C@@H](O)CO)ccc2Cl)cc1. The largest absolute Gasteiger partial charge is 0.494 e. The third-order valence-electron chi connectivity index (χ3n) is 4.13. The molecule has 0 radical (unpaired) electrons. The normalized spacial score (nSPS) is 14.4. The van der Waals surface area contributed by atoms with Crippen LogP contribution in [0.5, 0.6) is 5.75 Å². The van der Waals surface area contributed by atoms with Gasteiger partial charge in [-0.1, -0.05) is 23.7 Å². The highest BCUT2D eigenvalue weighted by Crippen LogP contribution is 2.23. The Bertz CT molecular complexity index is 762. The Morgan fingerprint density at radius 3 is 2.37 bits per heavy atom. The van der Waals surface area contributed by atoms with E-state index in [0.717, 1.165) is 11.3 Å². The molecule has 27 heavy (non-hydrogen) atoms. The van der Waals surface area contributed by atoms with Gasteiger partial charge in [-0.25, -0.2) is 0 Å². The van der Waals surface area contributed by atoms with E-state index >= 15 is 0 Å². The molecular formula is C20H23ClO6. The Morgan fingerprint density at radius 2 is 1.78 bits per heavy atom. The van der Waals surface area contributed by atoms with Gasteiger partial charge in [0.05, 0.1) is 13.2 Å². The average Bonchev–Trinajstić information content (AvgIpc) is 2.69. The molecule has 0 aliphatic rings. The summed E-state index contributed by atoms with van der Waals surface area (Å²) in [6.07, 6.45) is -4.79. The summed E-state index contributed by atoms with van der Waals surface area (Å²) in [4.78, 5) is 12.4. The van der Waals surface area contributed by atoms with Crippen LogP contribution in [-0.4, -0.2) is 57.7 Å². The van der Waals surface area contributed by atoms with Crippen molar-refractivity contribution in [2.75, 3.05) is 13.2 Å². The summed E-state index contributed by atoms with van der Waals surface area (Å²) >= 11 is 6.23. The molecule has 3 atom stereocenters. The topological polar surface area (TPSA) is 107 Å². The molecule has 0 saturated heterocycles. The summed E-state index contributed by atoms with van der Waals surface area (Å²) in [5.41, 5.74) is 1.79. The first-order chi connectivity index (χ1) is 12.9. The van der Waals surface area contributed by atoms with E-state index in [0.29, 0.717) is 23.6 Å². The zero-order chi connectivity index (χ0) is 20.0. The molecule has 0 aliphatic carbocycles. The zero-order valence-electron chi connectivity index (χ0n) is 14.9. The Hall–Kier alpha value is -1.96. The van der Waals surface area contributed by atoms with E-state index < -0.39 is 30.7 Å². The van der Waals surface area contributed by atoms with Gasteiger partial charge in [0.25, 0.3) is 0 Å². The van der Waals surface area contributed by atoms with Gasteiger partial charge in [-0.3, -0.25) is 4.79 Å². The molecule has 6 nitrogen and oxygen atoms in total. The van der Waals surface area contributed by atoms with Crippen LogP contribution in [0, 0.1) is 0 Å². The molecule has 2 aromatic carbocycles. The fourth-order valence-corrected chi connectivity index (χ4v) is 2.78. The number of aliphatic hydroxyl groups is 4. The van der Waals surface area contributed by atoms with Gasteiger partial charge in [0.15, 0.2) is 5.78 Å². The standard InChI is InChI=1S/C20H23ClO6/c1-2-27-15-6-3-12(4-7-15)9-14-10-13(5-8-16(14)21)18(24)20(26)19(25)17(23)11-22/h3-8,10,17,19-20,22-23,25-26H,2,9,11H2,1H3/t17-,19+,20-/m0/s1. The molecule has 7 heteroatoms. The molecule has 2 aromatic rings. The third kappa shape index (κ3) is 5.51. The number of ether oxygens (including phenoxy) is 1. The molecule has 0 bridgehead atoms. The summed E-state index contributed by atoms with van der Waals surface area (Å²) in [5.74, 6) is -0.00423. The fraction of sp³-hybridized carbons (Fsp3) is 0.350. The second-order valence-corrected chi connectivity index (χ2v) is 6.52. The van der Waals surface area contributed by atoms with Crippen molar-refractivity contribution in [2.24, 2.45) is 0 Å². The van der Waals surface area contributed by atoms with Crippen molar-refractivity contribution >= 4 is 17.4 Å². The van der Waals surface area contributed by atoms with Crippen LogP contribution < -0.4 is 4.74 Å². The number of carbonyl (C=O) groups is 1. The summed E-state index contributed by atoms with van der Waals surface area (Å²) in [6.45, 7) is 1.71. The van der Waals surface area contributed by atoms with E-state index in [2.05, 4.69) is 0 Å². The minimum absolute atomic E-state index is 0.150. The van der Waals surface area contributed by atoms with Crippen LogP contribution >= 0.6 is 11.6 Å². The lowest BCUT2D eigenvalue weighted by Crippen LogP contribution is -2.43. The van der Waals surface area contributed by atoms with Crippen LogP contribution in [0.2, 0.25) is 5.02 Å². The maximum atomic E-state index is 12.4. The minimum atomic E-state index is -1.85. The molecule has 4 N–H and O–H groups in total. The van der Waals surface area contributed by atoms with E-state index in [4.69, 9.17) is 21.4 Å². The Kier molecular flexibility index (Phi) is 7.77. The smallest absolute Gasteiger partial charge is 0.194 e. The molecule has 0 aromatic heterocycles. The second-order valence-electron chi connectivity index (χ2n) is 6.11. The molecule has 0 spiro atoms. The van der Waals surface area contributed by atoms with Gasteiger partial charge in [0.2, 0.25) is 0 Å². The number of halogens is 1. The number of hydrogen-bond donors (Lipinski definition) is 4. The molecule has 0 fully saturated rings. The van der Waals surface area contributed by atoms with E-state index in [1.54, 1.807) is 12.1 Å². The first kappa shape index (κ1) is 21.3. The predicted octanol–water partition coefficient (Wildman–Crippen LogP) is 1.59. The average molecular weight is 395 g/mol. The predicted molar refractivity (Wildman–Crippen MR) is 101 cm³/mol. The first-order valence-electron chi connectivity index (χ1n) is 8.56. The van der Waals surface area contributed by atoms with Gasteiger partial charge in [0, 0.05) is 10.6 Å². The second kappa shape index (κ2) is 9.82. The lowest BCUT2D eigenvalue weighted by molar-refractivity contribution is -0.0646. The number of Topliss-reactive ketones (excluding diaryl/α,β-unsaturated/α-hetero) is 1. The van der Waals surface area contributed by atoms with Crippen molar-refractivity contribution in [1.29, 1.82) is 0 Å². The first-order valence-corrected chi connectivity index (χ1v) is 8.94. The van der Waals surface area contributed by atoms with E-state index in [-0.39, 0.29) is 5.56 Å². The van der Waals surface area contributed by atoms with Crippen molar-refractivity contribution in [1.82, 2.24) is 0 Å². The number of carbonyl (C=O) groups excluding carboxylic acids is 1. The van der Waals surface area contributed by atoms with E-state index in [9.17, 15) is 20.1 Å². The summed E-state index contributed by atoms with van der Waals surface area (Å²) in [5, 5.41) is 38.4. The summed E-state index contributed by atoms with van der Waals surface area (Å²) in [7, 11) is 0. The molecular weight excluding hydrogens is 372 g/mol. The number of ketones is 1. The van der Waals surface area contributed by atoms with Crippen molar-refractivity contribution in [3.05, 3.63) is 64.2 Å². The molecule has 146 valence electrons. The van der Waals surface area contributed by atoms with Crippen molar-refractivity contribution in [3.8, 4) is 5.75 Å². The maximum absolute atomic E-state index is 12.4. The summed E-state index contributed by atoms with van der Waals surface area (Å²) < 4.78 is 5.40. The monoisotopic (exact) mass is 394 g/mol. The lowest BCUT2D eigenvalue weighted by atomic mass is 9.96. The highest BCUT2D eigenvalue weighted by atomic mass is 35.5. The van der Waals surface area contributed by atoms with Gasteiger partial charge in [0.1, 0.15) is 24.1 Å². The molecule has 0 unspecified atom stereocenters. The highest BCUT2D eigenvalue weighted by molar-refractivity contribution is 6.31. The van der Waals surface area contributed by atoms with Crippen LogP contribution in [-0.2, 0) is 6.42 Å². The number of aliphatic hydroxyl groups excluding tert-OH is 4. The minimum Gasteiger partial charge on any atom is -0.494 e. The molecule has 0 heterocycles. The van der Waals surface area contributed by atoms with Gasteiger partial charge in [-0.15, -0.1) is 0 Å². The Balaban J connectivity index is 2.18. The van der Waals surface area contributed by atoms with Crippen LogP contribution in [0.4, 0.5) is 0 Å². The lowest BCUT2D eigenvalue weighted by Gasteiger charge is -2.20. The number of hydrogen-bond acceptors (Lipinski definition) is 6. The van der Waals surface area contributed by atoms with E-state index in [1.165, 1.54) is 6.07 Å². The number of rotatable bonds is 9. The quantitative estimate of drug-likeness (QED) is 0.481.